The van der Waals surface area contributed by atoms with E-state index in [2.05, 4.69) is 193 Å². The summed E-state index contributed by atoms with van der Waals surface area (Å²) in [4.78, 5) is 0. The average molecular weight is 622 g/mol. The molecule has 9 aromatic carbocycles. The van der Waals surface area contributed by atoms with Gasteiger partial charge < -0.3 is 4.57 Å². The quantitative estimate of drug-likeness (QED) is 0.184. The van der Waals surface area contributed by atoms with Gasteiger partial charge in [0.2, 0.25) is 0 Å². The number of rotatable bonds is 4. The third-order valence-corrected chi connectivity index (χ3v) is 10.1. The fourth-order valence-corrected chi connectivity index (χ4v) is 7.57. The Morgan fingerprint density at radius 1 is 0.245 bits per heavy atom. The lowest BCUT2D eigenvalue weighted by Gasteiger charge is -2.11. The van der Waals surface area contributed by atoms with Crippen molar-refractivity contribution in [2.75, 3.05) is 0 Å². The Balaban J connectivity index is 0.996. The van der Waals surface area contributed by atoms with Crippen LogP contribution in [0.2, 0.25) is 0 Å². The highest BCUT2D eigenvalue weighted by Gasteiger charge is 2.14. The topological polar surface area (TPSA) is 4.93 Å². The van der Waals surface area contributed by atoms with E-state index in [1.807, 2.05) is 0 Å². The molecule has 1 nitrogen and oxygen atoms in total. The van der Waals surface area contributed by atoms with Crippen LogP contribution in [0.15, 0.2) is 188 Å². The van der Waals surface area contributed by atoms with Crippen molar-refractivity contribution < 1.29 is 0 Å². The third-order valence-electron chi connectivity index (χ3n) is 10.1. The lowest BCUT2D eigenvalue weighted by Crippen LogP contribution is -1.94. The molecule has 49 heavy (non-hydrogen) atoms. The van der Waals surface area contributed by atoms with Gasteiger partial charge in [0.05, 0.1) is 11.0 Å². The zero-order chi connectivity index (χ0) is 32.3. The fourth-order valence-electron chi connectivity index (χ4n) is 7.57. The van der Waals surface area contributed by atoms with E-state index in [1.165, 1.54) is 93.2 Å². The van der Waals surface area contributed by atoms with Crippen molar-refractivity contribution in [1.29, 1.82) is 0 Å². The summed E-state index contributed by atoms with van der Waals surface area (Å²) in [7, 11) is 0. The zero-order valence-electron chi connectivity index (χ0n) is 26.8. The zero-order valence-corrected chi connectivity index (χ0v) is 26.8. The van der Waals surface area contributed by atoms with E-state index < -0.39 is 0 Å². The van der Waals surface area contributed by atoms with E-state index in [0.717, 1.165) is 0 Å². The second-order valence-electron chi connectivity index (χ2n) is 13.0. The van der Waals surface area contributed by atoms with Gasteiger partial charge in [-0.15, -0.1) is 0 Å². The molecule has 1 heteroatoms. The van der Waals surface area contributed by atoms with Crippen molar-refractivity contribution >= 4 is 54.1 Å². The van der Waals surface area contributed by atoms with Gasteiger partial charge in [0.25, 0.3) is 0 Å². The highest BCUT2D eigenvalue weighted by molar-refractivity contribution is 6.10. The molecule has 0 saturated carbocycles. The SMILES string of the molecule is c1ccc2cc(-c3ccc4cc(-c5ccc(-c6ccc7c8ccccc8n(-c8ccc9ccccc9c8)c7c6)cc5)ccc4c3)ccc2c1. The van der Waals surface area contributed by atoms with Crippen LogP contribution < -0.4 is 0 Å². The van der Waals surface area contributed by atoms with Crippen LogP contribution in [0.3, 0.4) is 0 Å². The van der Waals surface area contributed by atoms with Crippen molar-refractivity contribution in [3.8, 4) is 39.1 Å². The maximum atomic E-state index is 2.41. The first kappa shape index (κ1) is 27.7. The molecule has 0 saturated heterocycles. The van der Waals surface area contributed by atoms with Crippen LogP contribution >= 0.6 is 0 Å². The Labute approximate surface area is 284 Å². The standard InChI is InChI=1S/C48H31N/c1-3-9-36-27-39(18-17-32(36)7-1)42-22-21-40-28-38(19-20-41(40)29-42)34-13-15-35(16-14-34)43-24-26-46-45-11-5-6-12-47(45)49(48(46)31-43)44-25-23-33-8-2-4-10-37(33)30-44/h1-31H. The lowest BCUT2D eigenvalue weighted by atomic mass is 9.95. The maximum Gasteiger partial charge on any atom is 0.0547 e. The van der Waals surface area contributed by atoms with E-state index in [4.69, 9.17) is 0 Å². The Morgan fingerprint density at radius 2 is 0.653 bits per heavy atom. The normalized spacial score (nSPS) is 11.7. The summed E-state index contributed by atoms with van der Waals surface area (Å²) in [6.07, 6.45) is 0. The summed E-state index contributed by atoms with van der Waals surface area (Å²) in [6, 6.07) is 68.9. The summed E-state index contributed by atoms with van der Waals surface area (Å²) in [5.41, 5.74) is 11.0. The van der Waals surface area contributed by atoms with Gasteiger partial charge in [-0.25, -0.2) is 0 Å². The molecular weight excluding hydrogens is 591 g/mol. The molecule has 0 spiro atoms. The lowest BCUT2D eigenvalue weighted by molar-refractivity contribution is 1.19. The Kier molecular flexibility index (Phi) is 6.25. The van der Waals surface area contributed by atoms with E-state index in [1.54, 1.807) is 0 Å². The molecule has 1 heterocycles. The number of aromatic nitrogens is 1. The average Bonchev–Trinajstić information content (AvgIpc) is 3.51. The van der Waals surface area contributed by atoms with Gasteiger partial charge in [-0.3, -0.25) is 0 Å². The molecule has 0 aliphatic heterocycles. The first-order valence-corrected chi connectivity index (χ1v) is 16.9. The number of nitrogens with zero attached hydrogens (tertiary/aromatic N) is 1. The molecule has 0 radical (unpaired) electrons. The van der Waals surface area contributed by atoms with Crippen molar-refractivity contribution in [2.45, 2.75) is 0 Å². The van der Waals surface area contributed by atoms with E-state index in [0.29, 0.717) is 0 Å². The number of para-hydroxylation sites is 1. The van der Waals surface area contributed by atoms with Crippen LogP contribution in [0.5, 0.6) is 0 Å². The Morgan fingerprint density at radius 3 is 1.31 bits per heavy atom. The van der Waals surface area contributed by atoms with E-state index in [9.17, 15) is 0 Å². The molecule has 0 N–H and O–H groups in total. The summed E-state index contributed by atoms with van der Waals surface area (Å²) in [5, 5.41) is 10.1. The smallest absolute Gasteiger partial charge is 0.0547 e. The van der Waals surface area contributed by atoms with Crippen molar-refractivity contribution in [2.24, 2.45) is 0 Å². The van der Waals surface area contributed by atoms with Crippen LogP contribution in [-0.4, -0.2) is 4.57 Å². The molecule has 0 aliphatic carbocycles. The minimum atomic E-state index is 1.18. The number of hydrogen-bond donors (Lipinski definition) is 0. The first-order valence-electron chi connectivity index (χ1n) is 16.9. The molecule has 10 aromatic rings. The van der Waals surface area contributed by atoms with Crippen LogP contribution in [0.25, 0.3) is 93.2 Å². The summed E-state index contributed by atoms with van der Waals surface area (Å²) in [6.45, 7) is 0. The molecule has 228 valence electrons. The van der Waals surface area contributed by atoms with Gasteiger partial charge in [0.1, 0.15) is 0 Å². The van der Waals surface area contributed by atoms with E-state index in [-0.39, 0.29) is 0 Å². The van der Waals surface area contributed by atoms with Crippen molar-refractivity contribution in [3.05, 3.63) is 188 Å². The number of benzene rings is 9. The number of hydrogen-bond acceptors (Lipinski definition) is 0. The molecular formula is C48H31N. The molecule has 10 rings (SSSR count). The summed E-state index contributed by atoms with van der Waals surface area (Å²) >= 11 is 0. The maximum absolute atomic E-state index is 2.41. The monoisotopic (exact) mass is 621 g/mol. The molecule has 0 unspecified atom stereocenters. The molecule has 0 bridgehead atoms. The fraction of sp³-hybridized carbons (Fsp3) is 0. The largest absolute Gasteiger partial charge is 0.309 e. The Bertz CT molecular complexity index is 2870. The highest BCUT2D eigenvalue weighted by Crippen LogP contribution is 2.36. The third kappa shape index (κ3) is 4.71. The predicted octanol–water partition coefficient (Wildman–Crippen LogP) is 13.2. The second-order valence-corrected chi connectivity index (χ2v) is 13.0. The Hall–Kier alpha value is -6.44. The van der Waals surface area contributed by atoms with Crippen LogP contribution in [-0.2, 0) is 0 Å². The van der Waals surface area contributed by atoms with Gasteiger partial charge in [-0.2, -0.15) is 0 Å². The molecule has 0 aliphatic rings. The molecule has 1 aromatic heterocycles. The molecule has 0 atom stereocenters. The van der Waals surface area contributed by atoms with Gasteiger partial charge in [0.15, 0.2) is 0 Å². The van der Waals surface area contributed by atoms with Gasteiger partial charge >= 0.3 is 0 Å². The summed E-state index contributed by atoms with van der Waals surface area (Å²) < 4.78 is 2.41. The van der Waals surface area contributed by atoms with Crippen LogP contribution in [0, 0.1) is 0 Å². The molecule has 0 amide bonds. The van der Waals surface area contributed by atoms with Gasteiger partial charge in [-0.1, -0.05) is 146 Å². The first-order chi connectivity index (χ1) is 24.2. The van der Waals surface area contributed by atoms with Gasteiger partial charge in [-0.05, 0) is 108 Å². The van der Waals surface area contributed by atoms with E-state index >= 15 is 0 Å². The second kappa shape index (κ2) is 11.1. The van der Waals surface area contributed by atoms with Crippen LogP contribution in [0.4, 0.5) is 0 Å². The van der Waals surface area contributed by atoms with Crippen molar-refractivity contribution in [3.63, 3.8) is 0 Å². The number of fused-ring (bicyclic) bond motifs is 6. The predicted molar refractivity (Wildman–Crippen MR) is 210 cm³/mol. The minimum Gasteiger partial charge on any atom is -0.309 e. The molecule has 0 fully saturated rings. The van der Waals surface area contributed by atoms with Crippen molar-refractivity contribution in [1.82, 2.24) is 4.57 Å². The van der Waals surface area contributed by atoms with Crippen LogP contribution in [0.1, 0.15) is 0 Å². The highest BCUT2D eigenvalue weighted by atomic mass is 15.0. The summed E-state index contributed by atoms with van der Waals surface area (Å²) in [5.74, 6) is 0. The van der Waals surface area contributed by atoms with Gasteiger partial charge in [0, 0.05) is 16.5 Å². The minimum absolute atomic E-state index is 1.18.